The van der Waals surface area contributed by atoms with Gasteiger partial charge in [0.05, 0.1) is 30.4 Å². The summed E-state index contributed by atoms with van der Waals surface area (Å²) in [6.07, 6.45) is 0.00209. The Morgan fingerprint density at radius 1 is 0.919 bits per heavy atom. The monoisotopic (exact) mass is 499 g/mol. The topological polar surface area (TPSA) is 76.1 Å². The normalized spacial score (nSPS) is 17.4. The number of hydrogen-bond acceptors (Lipinski definition) is 5. The zero-order valence-corrected chi connectivity index (χ0v) is 22.1. The van der Waals surface area contributed by atoms with Crippen LogP contribution in [-0.2, 0) is 15.0 Å². The summed E-state index contributed by atoms with van der Waals surface area (Å²) in [5, 5.41) is 11.4. The van der Waals surface area contributed by atoms with Crippen molar-refractivity contribution in [1.82, 2.24) is 0 Å². The molecule has 1 aliphatic heterocycles. The molecule has 0 bridgehead atoms. The van der Waals surface area contributed by atoms with Crippen LogP contribution in [0.25, 0.3) is 5.76 Å². The third-order valence-corrected chi connectivity index (χ3v) is 6.39. The van der Waals surface area contributed by atoms with Crippen LogP contribution >= 0.6 is 0 Å². The molecule has 0 aliphatic carbocycles. The van der Waals surface area contributed by atoms with E-state index in [1.807, 2.05) is 38.1 Å². The minimum absolute atomic E-state index is 0.00209. The first kappa shape index (κ1) is 26.0. The predicted octanol–water partition coefficient (Wildman–Crippen LogP) is 6.41. The van der Waals surface area contributed by atoms with Crippen molar-refractivity contribution in [3.63, 3.8) is 0 Å². The Hall–Kier alpha value is -4.06. The minimum atomic E-state index is -0.823. The molecular formula is C31H33NO5. The highest BCUT2D eigenvalue weighted by Gasteiger charge is 2.47. The number of Topliss-reactive ketones (excluding diaryl/α,β-unsaturated/α-hetero) is 1. The van der Waals surface area contributed by atoms with Gasteiger partial charge < -0.3 is 14.6 Å². The second-order valence-electron chi connectivity index (χ2n) is 10.4. The molecular weight excluding hydrogens is 466 g/mol. The van der Waals surface area contributed by atoms with Crippen LogP contribution in [-0.4, -0.2) is 30.0 Å². The summed E-state index contributed by atoms with van der Waals surface area (Å²) in [5.41, 5.74) is 2.66. The predicted molar refractivity (Wildman–Crippen MR) is 145 cm³/mol. The second kappa shape index (κ2) is 10.1. The number of carbonyl (C=O) groups excluding carboxylic acids is 2. The van der Waals surface area contributed by atoms with Crippen molar-refractivity contribution in [3.8, 4) is 11.5 Å². The average molecular weight is 500 g/mol. The number of hydrogen-bond donors (Lipinski definition) is 1. The highest BCUT2D eigenvalue weighted by Crippen LogP contribution is 2.43. The molecule has 6 heteroatoms. The van der Waals surface area contributed by atoms with E-state index in [-0.39, 0.29) is 22.9 Å². The first-order valence-corrected chi connectivity index (χ1v) is 12.3. The molecule has 3 aromatic carbocycles. The number of nitrogens with zero attached hydrogens (tertiary/aromatic N) is 1. The SMILES string of the molecule is COc1ccccc1/C(O)=C1/C(=O)C(=O)N(c2ccc(OC(C)C)cc2)C1c1ccc(C(C)(C)C)cc1. The van der Waals surface area contributed by atoms with Crippen LogP contribution in [0.15, 0.2) is 78.4 Å². The molecule has 6 nitrogen and oxygen atoms in total. The average Bonchev–Trinajstić information content (AvgIpc) is 3.13. The number of aliphatic hydroxyl groups excluding tert-OH is 1. The zero-order valence-electron chi connectivity index (χ0n) is 22.1. The van der Waals surface area contributed by atoms with E-state index in [1.165, 1.54) is 12.0 Å². The van der Waals surface area contributed by atoms with Gasteiger partial charge in [0.15, 0.2) is 0 Å². The van der Waals surface area contributed by atoms with E-state index in [9.17, 15) is 14.7 Å². The second-order valence-corrected chi connectivity index (χ2v) is 10.4. The van der Waals surface area contributed by atoms with Crippen molar-refractivity contribution in [3.05, 3.63) is 95.1 Å². The number of anilines is 1. The van der Waals surface area contributed by atoms with E-state index in [0.717, 1.165) is 5.56 Å². The molecule has 0 saturated carbocycles. The Kier molecular flexibility index (Phi) is 7.12. The Labute approximate surface area is 218 Å². The van der Waals surface area contributed by atoms with Crippen LogP contribution < -0.4 is 14.4 Å². The van der Waals surface area contributed by atoms with Gasteiger partial charge in [0.25, 0.3) is 11.7 Å². The summed E-state index contributed by atoms with van der Waals surface area (Å²) in [6, 6.07) is 20.9. The molecule has 0 aromatic heterocycles. The lowest BCUT2D eigenvalue weighted by molar-refractivity contribution is -0.132. The van der Waals surface area contributed by atoms with E-state index >= 15 is 0 Å². The van der Waals surface area contributed by atoms with Gasteiger partial charge in [-0.15, -0.1) is 0 Å². The maximum Gasteiger partial charge on any atom is 0.300 e. The standard InChI is InChI=1S/C31H33NO5/c1-19(2)37-23-17-15-22(16-18-23)32-27(20-11-13-21(14-12-20)31(3,4)5)26(29(34)30(32)35)28(33)24-9-7-8-10-25(24)36-6/h7-19,27,33H,1-6H3/b28-26-. The van der Waals surface area contributed by atoms with Gasteiger partial charge in [-0.1, -0.05) is 57.2 Å². The van der Waals surface area contributed by atoms with Gasteiger partial charge in [-0.05, 0) is 66.8 Å². The molecule has 1 unspecified atom stereocenters. The molecule has 1 amide bonds. The molecule has 1 N–H and O–H groups in total. The summed E-state index contributed by atoms with van der Waals surface area (Å²) in [4.78, 5) is 28.3. The van der Waals surface area contributed by atoms with E-state index in [4.69, 9.17) is 9.47 Å². The number of rotatable bonds is 6. The fourth-order valence-corrected chi connectivity index (χ4v) is 4.52. The number of aliphatic hydroxyl groups is 1. The fraction of sp³-hybridized carbons (Fsp3) is 0.290. The van der Waals surface area contributed by atoms with E-state index in [2.05, 4.69) is 20.8 Å². The van der Waals surface area contributed by atoms with Crippen molar-refractivity contribution in [2.45, 2.75) is 52.2 Å². The van der Waals surface area contributed by atoms with Crippen molar-refractivity contribution in [1.29, 1.82) is 0 Å². The van der Waals surface area contributed by atoms with E-state index < -0.39 is 17.7 Å². The number of ketones is 1. The van der Waals surface area contributed by atoms with Crippen molar-refractivity contribution >= 4 is 23.1 Å². The Bertz CT molecular complexity index is 1330. The van der Waals surface area contributed by atoms with Crippen LogP contribution in [0.1, 0.15) is 57.4 Å². The number of benzene rings is 3. The highest BCUT2D eigenvalue weighted by atomic mass is 16.5. The third kappa shape index (κ3) is 5.10. The lowest BCUT2D eigenvalue weighted by Gasteiger charge is -2.27. The summed E-state index contributed by atoms with van der Waals surface area (Å²) < 4.78 is 11.2. The highest BCUT2D eigenvalue weighted by molar-refractivity contribution is 6.51. The summed E-state index contributed by atoms with van der Waals surface area (Å²) in [5.74, 6) is -0.670. The smallest absolute Gasteiger partial charge is 0.300 e. The number of ether oxygens (including phenoxy) is 2. The fourth-order valence-electron chi connectivity index (χ4n) is 4.52. The Morgan fingerprint density at radius 3 is 2.11 bits per heavy atom. The van der Waals surface area contributed by atoms with Gasteiger partial charge in [0, 0.05) is 5.69 Å². The minimum Gasteiger partial charge on any atom is -0.507 e. The number of carbonyl (C=O) groups is 2. The Morgan fingerprint density at radius 2 is 1.54 bits per heavy atom. The van der Waals surface area contributed by atoms with Crippen molar-refractivity contribution in [2.75, 3.05) is 12.0 Å². The van der Waals surface area contributed by atoms with Gasteiger partial charge in [-0.2, -0.15) is 0 Å². The van der Waals surface area contributed by atoms with Crippen LogP contribution in [0.2, 0.25) is 0 Å². The molecule has 1 saturated heterocycles. The van der Waals surface area contributed by atoms with Crippen LogP contribution in [0, 0.1) is 0 Å². The molecule has 4 rings (SSSR count). The Balaban J connectivity index is 1.90. The molecule has 1 fully saturated rings. The maximum absolute atomic E-state index is 13.5. The zero-order chi connectivity index (χ0) is 26.9. The van der Waals surface area contributed by atoms with Gasteiger partial charge in [-0.3, -0.25) is 14.5 Å². The lowest BCUT2D eigenvalue weighted by atomic mass is 9.85. The van der Waals surface area contributed by atoms with Gasteiger partial charge in [-0.25, -0.2) is 0 Å². The molecule has 1 atom stereocenters. The number of methoxy groups -OCH3 is 1. The summed E-state index contributed by atoms with van der Waals surface area (Å²) in [7, 11) is 1.49. The van der Waals surface area contributed by atoms with E-state index in [0.29, 0.717) is 28.3 Å². The quantitative estimate of drug-likeness (QED) is 0.241. The molecule has 0 radical (unpaired) electrons. The van der Waals surface area contributed by atoms with E-state index in [1.54, 1.807) is 48.5 Å². The van der Waals surface area contributed by atoms with Gasteiger partial charge in [0.1, 0.15) is 17.3 Å². The summed E-state index contributed by atoms with van der Waals surface area (Å²) >= 11 is 0. The number of para-hydroxylation sites is 1. The summed E-state index contributed by atoms with van der Waals surface area (Å²) in [6.45, 7) is 10.2. The molecule has 37 heavy (non-hydrogen) atoms. The van der Waals surface area contributed by atoms with Crippen LogP contribution in [0.4, 0.5) is 5.69 Å². The molecule has 1 heterocycles. The molecule has 0 spiro atoms. The van der Waals surface area contributed by atoms with Crippen LogP contribution in [0.3, 0.4) is 0 Å². The van der Waals surface area contributed by atoms with Gasteiger partial charge in [0.2, 0.25) is 0 Å². The van der Waals surface area contributed by atoms with Crippen LogP contribution in [0.5, 0.6) is 11.5 Å². The lowest BCUT2D eigenvalue weighted by Crippen LogP contribution is -2.29. The molecule has 192 valence electrons. The first-order valence-electron chi connectivity index (χ1n) is 12.3. The third-order valence-electron chi connectivity index (χ3n) is 6.39. The molecule has 3 aromatic rings. The van der Waals surface area contributed by atoms with Crippen molar-refractivity contribution < 1.29 is 24.2 Å². The van der Waals surface area contributed by atoms with Crippen molar-refractivity contribution in [2.24, 2.45) is 0 Å². The molecule has 1 aliphatic rings. The largest absolute Gasteiger partial charge is 0.507 e. The first-order chi connectivity index (χ1) is 17.5. The maximum atomic E-state index is 13.5. The van der Waals surface area contributed by atoms with Gasteiger partial charge >= 0.3 is 0 Å². The number of amides is 1.